The van der Waals surface area contributed by atoms with E-state index in [2.05, 4.69) is 6.07 Å². The van der Waals surface area contributed by atoms with E-state index in [9.17, 15) is 13.2 Å². The van der Waals surface area contributed by atoms with Crippen LogP contribution in [0.15, 0.2) is 24.3 Å². The van der Waals surface area contributed by atoms with Gasteiger partial charge in [0.15, 0.2) is 15.6 Å². The maximum absolute atomic E-state index is 12.3. The normalized spacial score (nSPS) is 26.1. The Kier molecular flexibility index (Phi) is 2.77. The molecule has 2 aliphatic rings. The Morgan fingerprint density at radius 2 is 1.94 bits per heavy atom. The number of carbonyl (C=O) groups is 1. The first-order valence-electron chi connectivity index (χ1n) is 6.40. The molecule has 4 heteroatoms. The minimum Gasteiger partial charge on any atom is -0.294 e. The molecule has 2 fully saturated rings. The van der Waals surface area contributed by atoms with Crippen LogP contribution in [0.1, 0.15) is 41.1 Å². The molecule has 0 spiro atoms. The van der Waals surface area contributed by atoms with Crippen LogP contribution in [-0.4, -0.2) is 25.7 Å². The molecule has 1 aromatic carbocycles. The third-order valence-electron chi connectivity index (χ3n) is 3.82. The van der Waals surface area contributed by atoms with Crippen LogP contribution in [0.2, 0.25) is 0 Å². The molecular formula is C14H16O3S. The fourth-order valence-corrected chi connectivity index (χ4v) is 4.34. The van der Waals surface area contributed by atoms with Crippen molar-refractivity contribution >= 4 is 15.6 Å². The number of sulfone groups is 1. The molecule has 0 bridgehead atoms. The molecule has 1 saturated carbocycles. The summed E-state index contributed by atoms with van der Waals surface area (Å²) in [6.45, 7) is 0. The van der Waals surface area contributed by atoms with E-state index in [4.69, 9.17) is 0 Å². The first kappa shape index (κ1) is 11.9. The summed E-state index contributed by atoms with van der Waals surface area (Å²) >= 11 is 0. The Morgan fingerprint density at radius 3 is 2.56 bits per heavy atom. The van der Waals surface area contributed by atoms with Gasteiger partial charge in [0.25, 0.3) is 0 Å². The van der Waals surface area contributed by atoms with Crippen molar-refractivity contribution in [2.45, 2.75) is 25.2 Å². The fraction of sp³-hybridized carbons (Fsp3) is 0.500. The van der Waals surface area contributed by atoms with Crippen LogP contribution in [0.25, 0.3) is 0 Å². The summed E-state index contributed by atoms with van der Waals surface area (Å²) in [4.78, 5) is 12.3. The molecule has 0 aromatic heterocycles. The lowest BCUT2D eigenvalue weighted by Gasteiger charge is -2.08. The Balaban J connectivity index is 1.82. The number of benzene rings is 1. The van der Waals surface area contributed by atoms with E-state index in [-0.39, 0.29) is 23.2 Å². The molecule has 1 saturated heterocycles. The van der Waals surface area contributed by atoms with Crippen LogP contribution in [-0.2, 0) is 9.84 Å². The second-order valence-electron chi connectivity index (χ2n) is 5.36. The lowest BCUT2D eigenvalue weighted by molar-refractivity contribution is 0.0933. The van der Waals surface area contributed by atoms with Crippen molar-refractivity contribution in [2.75, 3.05) is 11.5 Å². The number of rotatable bonds is 3. The van der Waals surface area contributed by atoms with Crippen molar-refractivity contribution in [1.29, 1.82) is 0 Å². The third-order valence-corrected chi connectivity index (χ3v) is 5.59. The number of hydrogen-bond acceptors (Lipinski definition) is 3. The van der Waals surface area contributed by atoms with E-state index >= 15 is 0 Å². The number of hydrogen-bond donors (Lipinski definition) is 0. The van der Waals surface area contributed by atoms with Crippen LogP contribution in [0, 0.1) is 5.92 Å². The van der Waals surface area contributed by atoms with Crippen molar-refractivity contribution in [3.8, 4) is 0 Å². The van der Waals surface area contributed by atoms with Gasteiger partial charge in [0.2, 0.25) is 0 Å². The highest BCUT2D eigenvalue weighted by atomic mass is 32.2. The van der Waals surface area contributed by atoms with Crippen molar-refractivity contribution in [2.24, 2.45) is 5.92 Å². The SMILES string of the molecule is O=C(c1cccc(C2CC2)c1)C1CCS(=O)(=O)C1. The van der Waals surface area contributed by atoms with Crippen LogP contribution in [0.4, 0.5) is 0 Å². The van der Waals surface area contributed by atoms with Crippen LogP contribution < -0.4 is 0 Å². The standard InChI is InChI=1S/C14H16O3S/c15-14(13-6-7-18(16,17)9-13)12-3-1-2-11(8-12)10-4-5-10/h1-3,8,10,13H,4-7,9H2. The highest BCUT2D eigenvalue weighted by molar-refractivity contribution is 7.91. The Labute approximate surface area is 107 Å². The zero-order chi connectivity index (χ0) is 12.8. The molecule has 0 N–H and O–H groups in total. The molecule has 18 heavy (non-hydrogen) atoms. The van der Waals surface area contributed by atoms with Gasteiger partial charge in [0, 0.05) is 11.5 Å². The van der Waals surface area contributed by atoms with Crippen LogP contribution >= 0.6 is 0 Å². The van der Waals surface area contributed by atoms with Crippen molar-refractivity contribution in [3.05, 3.63) is 35.4 Å². The van der Waals surface area contributed by atoms with E-state index in [1.54, 1.807) is 6.07 Å². The van der Waals surface area contributed by atoms with Gasteiger partial charge in [-0.25, -0.2) is 8.42 Å². The molecule has 3 nitrogen and oxygen atoms in total. The average Bonchev–Trinajstić information content (AvgIpc) is 3.13. The summed E-state index contributed by atoms with van der Waals surface area (Å²) in [6.07, 6.45) is 2.89. The monoisotopic (exact) mass is 264 g/mol. The smallest absolute Gasteiger partial charge is 0.166 e. The summed E-state index contributed by atoms with van der Waals surface area (Å²) < 4.78 is 22.8. The summed E-state index contributed by atoms with van der Waals surface area (Å²) in [5.74, 6) is 0.471. The maximum Gasteiger partial charge on any atom is 0.166 e. The largest absolute Gasteiger partial charge is 0.294 e. The highest BCUT2D eigenvalue weighted by Crippen LogP contribution is 2.40. The first-order valence-corrected chi connectivity index (χ1v) is 8.22. The lowest BCUT2D eigenvalue weighted by Crippen LogP contribution is -2.16. The molecule has 0 radical (unpaired) electrons. The van der Waals surface area contributed by atoms with Gasteiger partial charge in [0.1, 0.15) is 0 Å². The topological polar surface area (TPSA) is 51.2 Å². The van der Waals surface area contributed by atoms with E-state index in [1.165, 1.54) is 18.4 Å². The quantitative estimate of drug-likeness (QED) is 0.786. The number of ketones is 1. The first-order chi connectivity index (χ1) is 8.55. The zero-order valence-corrected chi connectivity index (χ0v) is 10.9. The second kappa shape index (κ2) is 4.19. The van der Waals surface area contributed by atoms with Gasteiger partial charge in [-0.1, -0.05) is 18.2 Å². The van der Waals surface area contributed by atoms with Gasteiger partial charge < -0.3 is 0 Å². The van der Waals surface area contributed by atoms with Gasteiger partial charge in [-0.15, -0.1) is 0 Å². The predicted molar refractivity (Wildman–Crippen MR) is 69.5 cm³/mol. The Hall–Kier alpha value is -1.16. The molecule has 1 aliphatic heterocycles. The lowest BCUT2D eigenvalue weighted by atomic mass is 9.95. The average molecular weight is 264 g/mol. The van der Waals surface area contributed by atoms with E-state index in [0.717, 1.165) is 0 Å². The van der Waals surface area contributed by atoms with Gasteiger partial charge in [0.05, 0.1) is 11.5 Å². The Bertz CT molecular complexity index is 585. The number of Topliss-reactive ketones (excluding diaryl/α,β-unsaturated/α-hetero) is 1. The minimum atomic E-state index is -2.98. The molecule has 1 aromatic rings. The predicted octanol–water partition coefficient (Wildman–Crippen LogP) is 2.18. The van der Waals surface area contributed by atoms with E-state index < -0.39 is 9.84 Å². The van der Waals surface area contributed by atoms with Crippen molar-refractivity contribution in [3.63, 3.8) is 0 Å². The van der Waals surface area contributed by atoms with Crippen molar-refractivity contribution in [1.82, 2.24) is 0 Å². The molecular weight excluding hydrogens is 248 g/mol. The van der Waals surface area contributed by atoms with Gasteiger partial charge >= 0.3 is 0 Å². The molecule has 1 aliphatic carbocycles. The second-order valence-corrected chi connectivity index (χ2v) is 7.59. The highest BCUT2D eigenvalue weighted by Gasteiger charge is 2.33. The molecule has 0 amide bonds. The van der Waals surface area contributed by atoms with E-state index in [1.807, 2.05) is 12.1 Å². The maximum atomic E-state index is 12.3. The van der Waals surface area contributed by atoms with Crippen molar-refractivity contribution < 1.29 is 13.2 Å². The minimum absolute atomic E-state index is 0.00132. The fourth-order valence-electron chi connectivity index (χ4n) is 2.60. The molecule has 96 valence electrons. The molecule has 1 unspecified atom stereocenters. The zero-order valence-electron chi connectivity index (χ0n) is 10.1. The summed E-state index contributed by atoms with van der Waals surface area (Å²) in [6, 6.07) is 7.72. The third kappa shape index (κ3) is 2.34. The van der Waals surface area contributed by atoms with E-state index in [0.29, 0.717) is 17.9 Å². The van der Waals surface area contributed by atoms with Crippen LogP contribution in [0.5, 0.6) is 0 Å². The van der Waals surface area contributed by atoms with Crippen LogP contribution in [0.3, 0.4) is 0 Å². The molecule has 3 rings (SSSR count). The summed E-state index contributed by atoms with van der Waals surface area (Å²) in [5, 5.41) is 0. The van der Waals surface area contributed by atoms with Gasteiger partial charge in [-0.05, 0) is 36.8 Å². The summed E-state index contributed by atoms with van der Waals surface area (Å²) in [7, 11) is -2.98. The Morgan fingerprint density at radius 1 is 1.17 bits per heavy atom. The molecule has 1 heterocycles. The van der Waals surface area contributed by atoms with Gasteiger partial charge in [-0.2, -0.15) is 0 Å². The summed E-state index contributed by atoms with van der Waals surface area (Å²) in [5.41, 5.74) is 1.91. The number of carbonyl (C=O) groups excluding carboxylic acids is 1. The van der Waals surface area contributed by atoms with Gasteiger partial charge in [-0.3, -0.25) is 4.79 Å². The molecule has 1 atom stereocenters.